The van der Waals surface area contributed by atoms with Crippen LogP contribution in [0.4, 0.5) is 0 Å². The van der Waals surface area contributed by atoms with Crippen LogP contribution in [0.3, 0.4) is 0 Å². The summed E-state index contributed by atoms with van der Waals surface area (Å²) in [7, 11) is 0. The van der Waals surface area contributed by atoms with Gasteiger partial charge in [0.2, 0.25) is 0 Å². The van der Waals surface area contributed by atoms with Crippen molar-refractivity contribution in [2.75, 3.05) is 6.54 Å². The lowest BCUT2D eigenvalue weighted by molar-refractivity contribution is 0.0913. The Hall–Kier alpha value is -1.29. The number of rotatable bonds is 4. The van der Waals surface area contributed by atoms with Crippen LogP contribution < -0.4 is 11.1 Å². The van der Waals surface area contributed by atoms with E-state index in [0.29, 0.717) is 18.7 Å². The first-order chi connectivity index (χ1) is 6.63. The van der Waals surface area contributed by atoms with Gasteiger partial charge in [-0.1, -0.05) is 0 Å². The van der Waals surface area contributed by atoms with Gasteiger partial charge in [-0.15, -0.1) is 0 Å². The minimum atomic E-state index is -0.178. The maximum atomic E-state index is 11.4. The number of nitrogens with two attached hydrogens (primary N) is 1. The molecule has 1 amide bonds. The van der Waals surface area contributed by atoms with Gasteiger partial charge >= 0.3 is 0 Å². The average molecular weight is 196 g/mol. The quantitative estimate of drug-likeness (QED) is 0.752. The van der Waals surface area contributed by atoms with Crippen LogP contribution >= 0.6 is 0 Å². The molecule has 0 aliphatic heterocycles. The Kier molecular flexibility index (Phi) is 3.71. The lowest BCUT2D eigenvalue weighted by atomic mass is 10.3. The van der Waals surface area contributed by atoms with Crippen LogP contribution in [-0.4, -0.2) is 18.5 Å². The van der Waals surface area contributed by atoms with E-state index in [9.17, 15) is 4.79 Å². The largest absolute Gasteiger partial charge is 0.456 e. The zero-order chi connectivity index (χ0) is 10.6. The summed E-state index contributed by atoms with van der Waals surface area (Å²) in [4.78, 5) is 11.4. The molecule has 14 heavy (non-hydrogen) atoms. The standard InChI is InChI=1S/C10H16N2O2/c1-7(2)12-10(13)9-4-3-8(14-9)5-6-11/h3-4,7H,5-6,11H2,1-2H3,(H,12,13). The number of nitrogens with one attached hydrogen (secondary N) is 1. The van der Waals surface area contributed by atoms with E-state index in [-0.39, 0.29) is 11.9 Å². The summed E-state index contributed by atoms with van der Waals surface area (Å²) in [5, 5.41) is 2.75. The molecule has 0 radical (unpaired) electrons. The molecule has 1 rings (SSSR count). The Bertz CT molecular complexity index is 305. The topological polar surface area (TPSA) is 68.3 Å². The van der Waals surface area contributed by atoms with Crippen molar-refractivity contribution < 1.29 is 9.21 Å². The molecule has 0 aromatic carbocycles. The van der Waals surface area contributed by atoms with Crippen molar-refractivity contribution in [3.8, 4) is 0 Å². The lowest BCUT2D eigenvalue weighted by Gasteiger charge is -2.05. The normalized spacial score (nSPS) is 10.6. The molecule has 4 heteroatoms. The van der Waals surface area contributed by atoms with Gasteiger partial charge in [-0.3, -0.25) is 4.79 Å². The first kappa shape index (κ1) is 10.8. The van der Waals surface area contributed by atoms with Gasteiger partial charge in [0.15, 0.2) is 5.76 Å². The van der Waals surface area contributed by atoms with E-state index >= 15 is 0 Å². The van der Waals surface area contributed by atoms with Crippen molar-refractivity contribution in [3.63, 3.8) is 0 Å². The molecule has 0 aliphatic carbocycles. The highest BCUT2D eigenvalue weighted by atomic mass is 16.3. The van der Waals surface area contributed by atoms with E-state index in [1.54, 1.807) is 12.1 Å². The third-order valence-electron chi connectivity index (χ3n) is 1.70. The molecule has 0 bridgehead atoms. The summed E-state index contributed by atoms with van der Waals surface area (Å²) < 4.78 is 5.29. The molecule has 4 nitrogen and oxygen atoms in total. The fourth-order valence-corrected chi connectivity index (χ4v) is 1.11. The van der Waals surface area contributed by atoms with Gasteiger partial charge in [-0.05, 0) is 32.5 Å². The van der Waals surface area contributed by atoms with Crippen LogP contribution in [0.2, 0.25) is 0 Å². The Balaban J connectivity index is 2.62. The average Bonchev–Trinajstić information content (AvgIpc) is 2.52. The van der Waals surface area contributed by atoms with Gasteiger partial charge in [-0.2, -0.15) is 0 Å². The Morgan fingerprint density at radius 2 is 2.29 bits per heavy atom. The van der Waals surface area contributed by atoms with E-state index < -0.39 is 0 Å². The van der Waals surface area contributed by atoms with E-state index in [2.05, 4.69) is 5.32 Å². The van der Waals surface area contributed by atoms with Crippen molar-refractivity contribution in [3.05, 3.63) is 23.7 Å². The van der Waals surface area contributed by atoms with Crippen molar-refractivity contribution in [1.29, 1.82) is 0 Å². The monoisotopic (exact) mass is 196 g/mol. The smallest absolute Gasteiger partial charge is 0.287 e. The molecule has 1 heterocycles. The van der Waals surface area contributed by atoms with Gasteiger partial charge in [0.25, 0.3) is 5.91 Å². The number of carbonyl (C=O) groups excluding carboxylic acids is 1. The highest BCUT2D eigenvalue weighted by molar-refractivity contribution is 5.91. The molecule has 0 saturated carbocycles. The van der Waals surface area contributed by atoms with Crippen LogP contribution in [0, 0.1) is 0 Å². The number of carbonyl (C=O) groups is 1. The van der Waals surface area contributed by atoms with E-state index in [1.807, 2.05) is 13.8 Å². The zero-order valence-corrected chi connectivity index (χ0v) is 8.54. The predicted octanol–water partition coefficient (Wildman–Crippen LogP) is 0.919. The summed E-state index contributed by atoms with van der Waals surface area (Å²) in [6.07, 6.45) is 0.662. The summed E-state index contributed by atoms with van der Waals surface area (Å²) in [5.41, 5.74) is 5.37. The Morgan fingerprint density at radius 3 is 2.86 bits per heavy atom. The predicted molar refractivity (Wildman–Crippen MR) is 54.1 cm³/mol. The van der Waals surface area contributed by atoms with Gasteiger partial charge in [0, 0.05) is 12.5 Å². The molecular formula is C10H16N2O2. The van der Waals surface area contributed by atoms with Crippen molar-refractivity contribution >= 4 is 5.91 Å². The molecule has 0 atom stereocenters. The van der Waals surface area contributed by atoms with Gasteiger partial charge in [0.1, 0.15) is 5.76 Å². The number of amides is 1. The zero-order valence-electron chi connectivity index (χ0n) is 8.54. The third kappa shape index (κ3) is 2.88. The maximum absolute atomic E-state index is 11.4. The van der Waals surface area contributed by atoms with Gasteiger partial charge in [-0.25, -0.2) is 0 Å². The molecule has 1 aromatic rings. The molecular weight excluding hydrogens is 180 g/mol. The fraction of sp³-hybridized carbons (Fsp3) is 0.500. The molecule has 0 saturated heterocycles. The molecule has 0 unspecified atom stereocenters. The van der Waals surface area contributed by atoms with E-state index in [4.69, 9.17) is 10.2 Å². The molecule has 0 fully saturated rings. The second-order valence-electron chi connectivity index (χ2n) is 3.43. The molecule has 78 valence electrons. The summed E-state index contributed by atoms with van der Waals surface area (Å²) in [5.74, 6) is 0.923. The van der Waals surface area contributed by atoms with Gasteiger partial charge < -0.3 is 15.5 Å². The molecule has 3 N–H and O–H groups in total. The minimum absolute atomic E-state index is 0.116. The van der Waals surface area contributed by atoms with Crippen molar-refractivity contribution in [2.24, 2.45) is 5.73 Å². The second kappa shape index (κ2) is 4.81. The van der Waals surface area contributed by atoms with Crippen LogP contribution in [0.15, 0.2) is 16.5 Å². The van der Waals surface area contributed by atoms with Crippen LogP contribution in [0.25, 0.3) is 0 Å². The first-order valence-corrected chi connectivity index (χ1v) is 4.73. The molecule has 0 aliphatic rings. The van der Waals surface area contributed by atoms with Crippen molar-refractivity contribution in [2.45, 2.75) is 26.3 Å². The highest BCUT2D eigenvalue weighted by Gasteiger charge is 2.11. The Morgan fingerprint density at radius 1 is 1.57 bits per heavy atom. The Labute approximate surface area is 83.5 Å². The number of hydrogen-bond donors (Lipinski definition) is 2. The first-order valence-electron chi connectivity index (χ1n) is 4.73. The third-order valence-corrected chi connectivity index (χ3v) is 1.70. The van der Waals surface area contributed by atoms with E-state index in [1.165, 1.54) is 0 Å². The number of hydrogen-bond acceptors (Lipinski definition) is 3. The highest BCUT2D eigenvalue weighted by Crippen LogP contribution is 2.08. The summed E-state index contributed by atoms with van der Waals surface area (Å²) in [6.45, 7) is 4.34. The van der Waals surface area contributed by atoms with E-state index in [0.717, 1.165) is 5.76 Å². The maximum Gasteiger partial charge on any atom is 0.287 e. The second-order valence-corrected chi connectivity index (χ2v) is 3.43. The van der Waals surface area contributed by atoms with Crippen molar-refractivity contribution in [1.82, 2.24) is 5.32 Å². The number of furan rings is 1. The van der Waals surface area contributed by atoms with Crippen LogP contribution in [0.1, 0.15) is 30.2 Å². The van der Waals surface area contributed by atoms with Gasteiger partial charge in [0.05, 0.1) is 0 Å². The summed E-state index contributed by atoms with van der Waals surface area (Å²) in [6, 6.07) is 3.57. The van der Waals surface area contributed by atoms with Crippen LogP contribution in [0.5, 0.6) is 0 Å². The summed E-state index contributed by atoms with van der Waals surface area (Å²) >= 11 is 0. The fourth-order valence-electron chi connectivity index (χ4n) is 1.11. The van der Waals surface area contributed by atoms with Crippen LogP contribution in [-0.2, 0) is 6.42 Å². The lowest BCUT2D eigenvalue weighted by Crippen LogP contribution is -2.29. The SMILES string of the molecule is CC(C)NC(=O)c1ccc(CCN)o1. The molecule has 1 aromatic heterocycles. The molecule has 0 spiro atoms. The minimum Gasteiger partial charge on any atom is -0.456 e.